The van der Waals surface area contributed by atoms with Crippen molar-refractivity contribution < 1.29 is 23.0 Å². The summed E-state index contributed by atoms with van der Waals surface area (Å²) in [6.45, 7) is 5.64. The van der Waals surface area contributed by atoms with Crippen LogP contribution in [0.1, 0.15) is 34.1 Å². The smallest absolute Gasteiger partial charge is 0.407 e. The molecule has 2 aromatic heterocycles. The monoisotopic (exact) mass is 447 g/mol. The minimum atomic E-state index is -3.01. The zero-order valence-corrected chi connectivity index (χ0v) is 18.7. The van der Waals surface area contributed by atoms with Crippen LogP contribution in [-0.4, -0.2) is 39.8 Å². The van der Waals surface area contributed by atoms with Crippen LogP contribution in [0.5, 0.6) is 5.75 Å². The van der Waals surface area contributed by atoms with Crippen LogP contribution in [0.15, 0.2) is 41.5 Å². The van der Waals surface area contributed by atoms with Crippen LogP contribution in [0.2, 0.25) is 0 Å². The van der Waals surface area contributed by atoms with Crippen LogP contribution in [0.25, 0.3) is 21.7 Å². The fraction of sp³-hybridized carbons (Fsp3) is 0.435. The van der Waals surface area contributed by atoms with E-state index in [1.807, 2.05) is 0 Å². The SMILES string of the molecule is Cn1c(=O)c2cnccc2c2ccc(OC[C@H](CC(C)(F)F)NC(=O)OC(C)(C)C)cc21. The molecule has 0 aliphatic carbocycles. The first-order chi connectivity index (χ1) is 14.8. The molecular weight excluding hydrogens is 420 g/mol. The van der Waals surface area contributed by atoms with Gasteiger partial charge in [0.25, 0.3) is 5.56 Å². The van der Waals surface area contributed by atoms with E-state index in [2.05, 4.69) is 10.3 Å². The number of pyridine rings is 2. The van der Waals surface area contributed by atoms with Gasteiger partial charge in [-0.25, -0.2) is 13.6 Å². The number of halogens is 2. The van der Waals surface area contributed by atoms with Gasteiger partial charge < -0.3 is 19.4 Å². The van der Waals surface area contributed by atoms with E-state index in [1.165, 1.54) is 10.8 Å². The molecule has 0 saturated heterocycles. The van der Waals surface area contributed by atoms with Gasteiger partial charge in [-0.3, -0.25) is 9.78 Å². The number of nitrogens with one attached hydrogen (secondary N) is 1. The van der Waals surface area contributed by atoms with E-state index in [4.69, 9.17) is 9.47 Å². The second-order valence-electron chi connectivity index (χ2n) is 8.89. The number of rotatable bonds is 6. The quantitative estimate of drug-likeness (QED) is 0.566. The lowest BCUT2D eigenvalue weighted by Crippen LogP contribution is -2.44. The largest absolute Gasteiger partial charge is 0.491 e. The number of carbonyl (C=O) groups is 1. The molecule has 1 N–H and O–H groups in total. The van der Waals surface area contributed by atoms with Crippen molar-refractivity contribution in [3.05, 3.63) is 47.0 Å². The highest BCUT2D eigenvalue weighted by Gasteiger charge is 2.29. The molecule has 1 atom stereocenters. The maximum absolute atomic E-state index is 13.6. The average molecular weight is 447 g/mol. The molecule has 2 heterocycles. The molecule has 0 unspecified atom stereocenters. The van der Waals surface area contributed by atoms with Crippen molar-refractivity contribution in [1.82, 2.24) is 14.9 Å². The summed E-state index contributed by atoms with van der Waals surface area (Å²) in [7, 11) is 1.64. The van der Waals surface area contributed by atoms with E-state index >= 15 is 0 Å². The summed E-state index contributed by atoms with van der Waals surface area (Å²) in [5.41, 5.74) is -0.331. The Bertz CT molecular complexity index is 1200. The zero-order valence-electron chi connectivity index (χ0n) is 18.7. The summed E-state index contributed by atoms with van der Waals surface area (Å²) in [5.74, 6) is -2.63. The molecule has 0 saturated carbocycles. The summed E-state index contributed by atoms with van der Waals surface area (Å²) in [5, 5.41) is 4.55. The number of aromatic nitrogens is 2. The Labute approximate surface area is 184 Å². The Hall–Kier alpha value is -3.23. The molecule has 1 amide bonds. The number of alkyl carbamates (subject to hydrolysis) is 1. The third kappa shape index (κ3) is 5.72. The highest BCUT2D eigenvalue weighted by atomic mass is 19.3. The van der Waals surface area contributed by atoms with Crippen molar-refractivity contribution in [2.75, 3.05) is 6.61 Å². The third-order valence-electron chi connectivity index (χ3n) is 4.75. The predicted molar refractivity (Wildman–Crippen MR) is 118 cm³/mol. The normalized spacial score (nSPS) is 13.2. The number of fused-ring (bicyclic) bond motifs is 3. The number of benzene rings is 1. The van der Waals surface area contributed by atoms with Crippen LogP contribution in [0, 0.1) is 0 Å². The molecule has 0 spiro atoms. The number of amides is 1. The first-order valence-electron chi connectivity index (χ1n) is 10.2. The Morgan fingerprint density at radius 2 is 1.88 bits per heavy atom. The zero-order chi connectivity index (χ0) is 23.7. The van der Waals surface area contributed by atoms with Gasteiger partial charge in [0.05, 0.1) is 16.9 Å². The highest BCUT2D eigenvalue weighted by Crippen LogP contribution is 2.26. The van der Waals surface area contributed by atoms with Gasteiger partial charge in [-0.1, -0.05) is 0 Å². The van der Waals surface area contributed by atoms with Crippen molar-refractivity contribution in [3.8, 4) is 5.75 Å². The number of ether oxygens (including phenoxy) is 2. The van der Waals surface area contributed by atoms with Crippen LogP contribution in [0.4, 0.5) is 13.6 Å². The van der Waals surface area contributed by atoms with E-state index < -0.39 is 30.1 Å². The van der Waals surface area contributed by atoms with E-state index in [1.54, 1.807) is 58.3 Å². The Morgan fingerprint density at radius 3 is 2.53 bits per heavy atom. The molecule has 172 valence electrons. The number of nitrogens with zero attached hydrogens (tertiary/aromatic N) is 2. The number of hydrogen-bond acceptors (Lipinski definition) is 5. The van der Waals surface area contributed by atoms with Crippen LogP contribution < -0.4 is 15.6 Å². The molecule has 3 aromatic rings. The summed E-state index contributed by atoms with van der Waals surface area (Å²) in [6, 6.07) is 5.96. The molecule has 0 aliphatic rings. The predicted octanol–water partition coefficient (Wildman–Crippen LogP) is 4.40. The lowest BCUT2D eigenvalue weighted by atomic mass is 10.1. The first kappa shape index (κ1) is 23.4. The molecule has 7 nitrogen and oxygen atoms in total. The Kier molecular flexibility index (Phi) is 6.39. The molecule has 3 rings (SSSR count). The number of carbonyl (C=O) groups excluding carboxylic acids is 1. The van der Waals surface area contributed by atoms with Gasteiger partial charge in [-0.15, -0.1) is 0 Å². The maximum atomic E-state index is 13.6. The molecule has 0 bridgehead atoms. The molecule has 9 heteroatoms. The van der Waals surface area contributed by atoms with Gasteiger partial charge in [-0.05, 0) is 51.3 Å². The number of aryl methyl sites for hydroxylation is 1. The molecule has 1 aromatic carbocycles. The van der Waals surface area contributed by atoms with Gasteiger partial charge in [-0.2, -0.15) is 0 Å². The minimum Gasteiger partial charge on any atom is -0.491 e. The van der Waals surface area contributed by atoms with Crippen LogP contribution >= 0.6 is 0 Å². The number of alkyl halides is 2. The number of hydrogen-bond donors (Lipinski definition) is 1. The van der Waals surface area contributed by atoms with Gasteiger partial charge in [0, 0.05) is 37.3 Å². The van der Waals surface area contributed by atoms with Crippen molar-refractivity contribution in [2.45, 2.75) is 51.7 Å². The molecule has 0 fully saturated rings. The second kappa shape index (κ2) is 8.72. The summed E-state index contributed by atoms with van der Waals surface area (Å²) < 4.78 is 39.7. The fourth-order valence-electron chi connectivity index (χ4n) is 3.45. The lowest BCUT2D eigenvalue weighted by molar-refractivity contribution is -0.00506. The lowest BCUT2D eigenvalue weighted by Gasteiger charge is -2.25. The van der Waals surface area contributed by atoms with Gasteiger partial charge in [0.15, 0.2) is 0 Å². The maximum Gasteiger partial charge on any atom is 0.407 e. The topological polar surface area (TPSA) is 82.5 Å². The van der Waals surface area contributed by atoms with Gasteiger partial charge in [0.1, 0.15) is 18.0 Å². The Balaban J connectivity index is 1.84. The third-order valence-corrected chi connectivity index (χ3v) is 4.75. The van der Waals surface area contributed by atoms with Crippen molar-refractivity contribution >= 4 is 27.8 Å². The standard InChI is InChI=1S/C23H27F2N3O4/c1-22(2,3)32-21(30)27-14(11-23(4,24)25)13-31-15-6-7-17-16-8-9-26-12-18(16)20(29)28(5)19(17)10-15/h6-10,12,14H,11,13H2,1-5H3,(H,27,30)/t14-/m0/s1. The van der Waals surface area contributed by atoms with Crippen LogP contribution in [-0.2, 0) is 11.8 Å². The Morgan fingerprint density at radius 1 is 1.16 bits per heavy atom. The average Bonchev–Trinajstić information content (AvgIpc) is 2.67. The molecule has 0 aliphatic heterocycles. The van der Waals surface area contributed by atoms with Crippen molar-refractivity contribution in [2.24, 2.45) is 7.05 Å². The summed E-state index contributed by atoms with van der Waals surface area (Å²) in [4.78, 5) is 28.7. The molecule has 0 radical (unpaired) electrons. The van der Waals surface area contributed by atoms with Crippen LogP contribution in [0.3, 0.4) is 0 Å². The van der Waals surface area contributed by atoms with Gasteiger partial charge in [0.2, 0.25) is 5.92 Å². The fourth-order valence-corrected chi connectivity index (χ4v) is 3.45. The first-order valence-corrected chi connectivity index (χ1v) is 10.2. The van der Waals surface area contributed by atoms with E-state index in [-0.39, 0.29) is 12.2 Å². The van der Waals surface area contributed by atoms with Crippen molar-refractivity contribution in [1.29, 1.82) is 0 Å². The minimum absolute atomic E-state index is 0.195. The van der Waals surface area contributed by atoms with E-state index in [0.717, 1.165) is 17.7 Å². The summed E-state index contributed by atoms with van der Waals surface area (Å²) >= 11 is 0. The highest BCUT2D eigenvalue weighted by molar-refractivity contribution is 6.05. The molecule has 32 heavy (non-hydrogen) atoms. The van der Waals surface area contributed by atoms with Crippen molar-refractivity contribution in [3.63, 3.8) is 0 Å². The van der Waals surface area contributed by atoms with E-state index in [9.17, 15) is 18.4 Å². The molecular formula is C23H27F2N3O4. The van der Waals surface area contributed by atoms with E-state index in [0.29, 0.717) is 16.7 Å². The summed E-state index contributed by atoms with van der Waals surface area (Å²) in [6.07, 6.45) is 1.73. The van der Waals surface area contributed by atoms with Gasteiger partial charge >= 0.3 is 6.09 Å². The second-order valence-corrected chi connectivity index (χ2v) is 8.89.